The van der Waals surface area contributed by atoms with Gasteiger partial charge in [0, 0.05) is 21.2 Å². The zero-order valence-electron chi connectivity index (χ0n) is 23.0. The molecule has 0 aliphatic carbocycles. The van der Waals surface area contributed by atoms with Crippen molar-refractivity contribution in [2.45, 2.75) is 17.1 Å². The van der Waals surface area contributed by atoms with Crippen LogP contribution in [0.3, 0.4) is 0 Å². The number of benzene rings is 4. The lowest BCUT2D eigenvalue weighted by Crippen LogP contribution is -2.30. The highest BCUT2D eigenvalue weighted by Gasteiger charge is 2.18. The van der Waals surface area contributed by atoms with Crippen LogP contribution in [0.5, 0.6) is 5.75 Å². The van der Waals surface area contributed by atoms with Gasteiger partial charge in [0.05, 0.1) is 28.1 Å². The summed E-state index contributed by atoms with van der Waals surface area (Å²) < 4.78 is 5.29. The number of hydrogen-bond acceptors (Lipinski definition) is 5. The second-order valence-electron chi connectivity index (χ2n) is 9.09. The van der Waals surface area contributed by atoms with Crippen LogP contribution < -0.4 is 20.7 Å². The Labute approximate surface area is 268 Å². The first-order valence-electron chi connectivity index (χ1n) is 12.9. The molecule has 11 heteroatoms. The fraction of sp³-hybridized carbons (Fsp3) is 0.0938. The zero-order chi connectivity index (χ0) is 30.9. The third kappa shape index (κ3) is 8.78. The Morgan fingerprint density at radius 3 is 2.28 bits per heavy atom. The van der Waals surface area contributed by atoms with Gasteiger partial charge >= 0.3 is 0 Å². The minimum absolute atomic E-state index is 0.0294. The number of carbonyl (C=O) groups excluding carboxylic acids is 3. The highest BCUT2D eigenvalue weighted by molar-refractivity contribution is 8.00. The van der Waals surface area contributed by atoms with Crippen molar-refractivity contribution in [3.05, 3.63) is 123 Å². The number of anilines is 2. The van der Waals surface area contributed by atoms with E-state index in [2.05, 4.69) is 16.0 Å². The summed E-state index contributed by atoms with van der Waals surface area (Å²) in [7, 11) is 1.51. The molecule has 0 heterocycles. The summed E-state index contributed by atoms with van der Waals surface area (Å²) in [6, 6.07) is 25.5. The molecule has 3 N–H and O–H groups in total. The number of halogens is 3. The van der Waals surface area contributed by atoms with Gasteiger partial charge in [-0.3, -0.25) is 14.4 Å². The highest BCUT2D eigenvalue weighted by atomic mass is 35.5. The minimum Gasteiger partial charge on any atom is -0.495 e. The van der Waals surface area contributed by atoms with Crippen molar-refractivity contribution in [1.29, 1.82) is 0 Å². The quantitative estimate of drug-likeness (QED) is 0.118. The number of carbonyl (C=O) groups is 3. The number of rotatable bonds is 10. The number of hydrogen-bond donors (Lipinski definition) is 3. The molecule has 0 aromatic heterocycles. The van der Waals surface area contributed by atoms with Gasteiger partial charge in [-0.25, -0.2) is 0 Å². The predicted molar refractivity (Wildman–Crippen MR) is 175 cm³/mol. The summed E-state index contributed by atoms with van der Waals surface area (Å²) in [6.45, 7) is 1.78. The highest BCUT2D eigenvalue weighted by Crippen LogP contribution is 2.31. The van der Waals surface area contributed by atoms with Gasteiger partial charge in [-0.05, 0) is 79.2 Å². The van der Waals surface area contributed by atoms with Gasteiger partial charge in [-0.2, -0.15) is 0 Å². The number of methoxy groups -OCH3 is 1. The van der Waals surface area contributed by atoms with Gasteiger partial charge in [0.15, 0.2) is 0 Å². The Balaban J connectivity index is 1.46. The molecule has 0 saturated heterocycles. The molecule has 0 aliphatic rings. The Kier molecular flexibility index (Phi) is 11.1. The van der Waals surface area contributed by atoms with E-state index in [0.717, 1.165) is 4.90 Å². The zero-order valence-corrected chi connectivity index (χ0v) is 26.1. The maximum Gasteiger partial charge on any atom is 0.272 e. The maximum atomic E-state index is 13.3. The van der Waals surface area contributed by atoms with Crippen LogP contribution in [0.2, 0.25) is 15.1 Å². The summed E-state index contributed by atoms with van der Waals surface area (Å²) in [6.07, 6.45) is 1.46. The molecule has 0 bridgehead atoms. The van der Waals surface area contributed by atoms with Crippen LogP contribution >= 0.6 is 46.6 Å². The van der Waals surface area contributed by atoms with Gasteiger partial charge in [0.2, 0.25) is 5.91 Å². The largest absolute Gasteiger partial charge is 0.495 e. The van der Waals surface area contributed by atoms with E-state index < -0.39 is 17.1 Å². The number of amides is 3. The Bertz CT molecular complexity index is 1660. The molecule has 4 aromatic rings. The minimum atomic E-state index is -0.566. The molecule has 4 aromatic carbocycles. The standard InChI is InChI=1S/C32H26Cl3N3O4S/c1-19(30(39)37-26-18-22(33)11-16-28(26)42-2)43-24-14-12-23(13-15-24)36-32(41)27(17-21-9-6-10-25(34)29(21)35)38-31(40)20-7-4-3-5-8-20/h3-19H,1-2H3,(H,36,41)(H,37,39)(H,38,40)/b27-17-. The molecule has 4 rings (SSSR count). The lowest BCUT2D eigenvalue weighted by molar-refractivity contribution is -0.115. The molecule has 1 unspecified atom stereocenters. The normalized spacial score (nSPS) is 11.8. The molecule has 7 nitrogen and oxygen atoms in total. The Morgan fingerprint density at radius 2 is 1.58 bits per heavy atom. The van der Waals surface area contributed by atoms with Gasteiger partial charge < -0.3 is 20.7 Å². The van der Waals surface area contributed by atoms with E-state index in [1.165, 1.54) is 24.9 Å². The Hall–Kier alpha value is -3.95. The van der Waals surface area contributed by atoms with Crippen molar-refractivity contribution in [3.8, 4) is 5.75 Å². The summed E-state index contributed by atoms with van der Waals surface area (Å²) in [4.78, 5) is 39.8. The second kappa shape index (κ2) is 15.0. The maximum absolute atomic E-state index is 13.3. The van der Waals surface area contributed by atoms with E-state index in [4.69, 9.17) is 39.5 Å². The average Bonchev–Trinajstić information content (AvgIpc) is 3.00. The molecule has 220 valence electrons. The van der Waals surface area contributed by atoms with Crippen LogP contribution in [0, 0.1) is 0 Å². The Morgan fingerprint density at radius 1 is 0.860 bits per heavy atom. The molecule has 1 atom stereocenters. The summed E-state index contributed by atoms with van der Waals surface area (Å²) in [5.41, 5.74) is 1.77. The van der Waals surface area contributed by atoms with Crippen LogP contribution in [0.25, 0.3) is 6.08 Å². The van der Waals surface area contributed by atoms with E-state index >= 15 is 0 Å². The van der Waals surface area contributed by atoms with Crippen molar-refractivity contribution < 1.29 is 19.1 Å². The fourth-order valence-electron chi connectivity index (χ4n) is 3.82. The van der Waals surface area contributed by atoms with Crippen LogP contribution in [0.4, 0.5) is 11.4 Å². The number of nitrogens with one attached hydrogen (secondary N) is 3. The summed E-state index contributed by atoms with van der Waals surface area (Å²) >= 11 is 19.9. The molecule has 0 aliphatic heterocycles. The monoisotopic (exact) mass is 653 g/mol. The van der Waals surface area contributed by atoms with Gasteiger partial charge in [0.1, 0.15) is 11.4 Å². The topological polar surface area (TPSA) is 96.5 Å². The van der Waals surface area contributed by atoms with Crippen molar-refractivity contribution in [2.24, 2.45) is 0 Å². The first-order chi connectivity index (χ1) is 20.6. The first-order valence-corrected chi connectivity index (χ1v) is 14.9. The molecule has 0 radical (unpaired) electrons. The molecule has 43 heavy (non-hydrogen) atoms. The lowest BCUT2D eigenvalue weighted by atomic mass is 10.1. The van der Waals surface area contributed by atoms with E-state index in [1.54, 1.807) is 97.9 Å². The first kappa shape index (κ1) is 32.0. The third-order valence-corrected chi connectivity index (χ3v) is 8.20. The molecular weight excluding hydrogens is 629 g/mol. The lowest BCUT2D eigenvalue weighted by Gasteiger charge is -2.15. The van der Waals surface area contributed by atoms with Crippen LogP contribution in [0.1, 0.15) is 22.8 Å². The van der Waals surface area contributed by atoms with E-state index in [-0.39, 0.29) is 16.6 Å². The predicted octanol–water partition coefficient (Wildman–Crippen LogP) is 8.18. The van der Waals surface area contributed by atoms with Crippen LogP contribution in [-0.2, 0) is 9.59 Å². The summed E-state index contributed by atoms with van der Waals surface area (Å²) in [5.74, 6) is -0.758. The van der Waals surface area contributed by atoms with Gasteiger partial charge in [-0.1, -0.05) is 65.1 Å². The van der Waals surface area contributed by atoms with E-state index in [9.17, 15) is 14.4 Å². The van der Waals surface area contributed by atoms with Crippen molar-refractivity contribution in [3.63, 3.8) is 0 Å². The number of thioether (sulfide) groups is 1. The number of ether oxygens (including phenoxy) is 1. The van der Waals surface area contributed by atoms with Crippen molar-refractivity contribution in [2.75, 3.05) is 17.7 Å². The van der Waals surface area contributed by atoms with Crippen molar-refractivity contribution >= 4 is 81.7 Å². The SMILES string of the molecule is COc1ccc(Cl)cc1NC(=O)C(C)Sc1ccc(NC(=O)/C(=C/c2cccc(Cl)c2Cl)NC(=O)c2ccccc2)cc1. The van der Waals surface area contributed by atoms with E-state index in [0.29, 0.717) is 38.3 Å². The molecule has 0 spiro atoms. The van der Waals surface area contributed by atoms with Gasteiger partial charge in [-0.15, -0.1) is 11.8 Å². The third-order valence-electron chi connectivity index (χ3n) is 6.02. The molecule has 0 saturated carbocycles. The smallest absolute Gasteiger partial charge is 0.272 e. The van der Waals surface area contributed by atoms with Crippen molar-refractivity contribution in [1.82, 2.24) is 5.32 Å². The van der Waals surface area contributed by atoms with Gasteiger partial charge in [0.25, 0.3) is 11.8 Å². The molecular formula is C32H26Cl3N3O4S. The van der Waals surface area contributed by atoms with Crippen LogP contribution in [0.15, 0.2) is 102 Å². The van der Waals surface area contributed by atoms with E-state index in [1.807, 2.05) is 0 Å². The fourth-order valence-corrected chi connectivity index (χ4v) is 5.22. The molecule has 0 fully saturated rings. The molecule has 3 amide bonds. The summed E-state index contributed by atoms with van der Waals surface area (Å²) in [5, 5.41) is 8.89. The van der Waals surface area contributed by atoms with Crippen LogP contribution in [-0.4, -0.2) is 30.1 Å². The average molecular weight is 655 g/mol. The second-order valence-corrected chi connectivity index (χ2v) is 11.7.